The number of nitrogens with zero attached hydrogens (tertiary/aromatic N) is 2. The molecule has 0 spiro atoms. The Morgan fingerprint density at radius 1 is 1.19 bits per heavy atom. The lowest BCUT2D eigenvalue weighted by Gasteiger charge is -2.22. The molecule has 2 rings (SSSR count). The van der Waals surface area contributed by atoms with Crippen molar-refractivity contribution in [2.24, 2.45) is 4.99 Å². The zero-order valence-corrected chi connectivity index (χ0v) is 17.2. The first-order chi connectivity index (χ1) is 12.0. The van der Waals surface area contributed by atoms with E-state index in [0.29, 0.717) is 19.0 Å². The van der Waals surface area contributed by atoms with Crippen LogP contribution in [0.25, 0.3) is 0 Å². The number of guanidine groups is 1. The standard InChI is InChI=1S/C19H23F2N3O.HI/c1-3-22-19(24(2)13-14-7-6-8-15(20)11-14)23-12-18(25)16-9-4-5-10-17(16)21;/h4-11,18,25H,3,12-13H2,1-2H3,(H,22,23);1H. The second-order valence-corrected chi connectivity index (χ2v) is 5.72. The van der Waals surface area contributed by atoms with Crippen LogP contribution in [0, 0.1) is 11.6 Å². The number of aliphatic hydroxyl groups excluding tert-OH is 1. The van der Waals surface area contributed by atoms with Crippen LogP contribution in [-0.2, 0) is 6.54 Å². The Balaban J connectivity index is 0.00000338. The van der Waals surface area contributed by atoms with Gasteiger partial charge in [0.05, 0.1) is 6.54 Å². The number of nitrogens with one attached hydrogen (secondary N) is 1. The molecule has 142 valence electrons. The number of hydrogen-bond acceptors (Lipinski definition) is 2. The quantitative estimate of drug-likeness (QED) is 0.381. The van der Waals surface area contributed by atoms with Gasteiger partial charge in [0.1, 0.15) is 17.7 Å². The van der Waals surface area contributed by atoms with Crippen LogP contribution in [0.1, 0.15) is 24.2 Å². The van der Waals surface area contributed by atoms with Crippen molar-refractivity contribution in [3.63, 3.8) is 0 Å². The van der Waals surface area contributed by atoms with Crippen molar-refractivity contribution >= 4 is 29.9 Å². The van der Waals surface area contributed by atoms with Gasteiger partial charge in [-0.25, -0.2) is 8.78 Å². The van der Waals surface area contributed by atoms with Crippen LogP contribution >= 0.6 is 24.0 Å². The summed E-state index contributed by atoms with van der Waals surface area (Å²) in [5.41, 5.74) is 1.03. The lowest BCUT2D eigenvalue weighted by molar-refractivity contribution is 0.181. The first-order valence-electron chi connectivity index (χ1n) is 8.17. The summed E-state index contributed by atoms with van der Waals surface area (Å²) in [6, 6.07) is 12.4. The van der Waals surface area contributed by atoms with Crippen LogP contribution in [0.5, 0.6) is 0 Å². The number of halogens is 3. The average molecular weight is 475 g/mol. The molecule has 7 heteroatoms. The molecule has 0 saturated carbocycles. The fraction of sp³-hybridized carbons (Fsp3) is 0.316. The van der Waals surface area contributed by atoms with E-state index in [-0.39, 0.29) is 41.9 Å². The van der Waals surface area contributed by atoms with Crippen LogP contribution in [0.4, 0.5) is 8.78 Å². The van der Waals surface area contributed by atoms with Crippen molar-refractivity contribution in [3.8, 4) is 0 Å². The smallest absolute Gasteiger partial charge is 0.194 e. The second kappa shape index (κ2) is 11.1. The number of aliphatic imine (C=N–C) groups is 1. The van der Waals surface area contributed by atoms with Gasteiger partial charge in [-0.15, -0.1) is 24.0 Å². The van der Waals surface area contributed by atoms with Gasteiger partial charge in [0.15, 0.2) is 5.96 Å². The van der Waals surface area contributed by atoms with Crippen LogP contribution in [0.15, 0.2) is 53.5 Å². The monoisotopic (exact) mass is 475 g/mol. The maximum absolute atomic E-state index is 13.7. The highest BCUT2D eigenvalue weighted by atomic mass is 127. The minimum absolute atomic E-state index is 0. The summed E-state index contributed by atoms with van der Waals surface area (Å²) in [5.74, 6) is -0.187. The first kappa shape index (κ1) is 22.3. The van der Waals surface area contributed by atoms with Crippen LogP contribution in [0.3, 0.4) is 0 Å². The van der Waals surface area contributed by atoms with E-state index >= 15 is 0 Å². The normalized spacial score (nSPS) is 12.3. The summed E-state index contributed by atoms with van der Waals surface area (Å²) < 4.78 is 27.0. The second-order valence-electron chi connectivity index (χ2n) is 5.72. The highest BCUT2D eigenvalue weighted by Gasteiger charge is 2.13. The zero-order chi connectivity index (χ0) is 18.2. The van der Waals surface area contributed by atoms with Gasteiger partial charge in [0, 0.05) is 25.7 Å². The Bertz CT molecular complexity index is 727. The molecule has 26 heavy (non-hydrogen) atoms. The van der Waals surface area contributed by atoms with E-state index in [1.165, 1.54) is 18.2 Å². The maximum Gasteiger partial charge on any atom is 0.194 e. The van der Waals surface area contributed by atoms with Crippen LogP contribution < -0.4 is 5.32 Å². The number of aliphatic hydroxyl groups is 1. The van der Waals surface area contributed by atoms with Crippen molar-refractivity contribution < 1.29 is 13.9 Å². The lowest BCUT2D eigenvalue weighted by Crippen LogP contribution is -2.38. The Morgan fingerprint density at radius 3 is 2.58 bits per heavy atom. The molecule has 2 N–H and O–H groups in total. The fourth-order valence-electron chi connectivity index (χ4n) is 2.47. The summed E-state index contributed by atoms with van der Waals surface area (Å²) in [7, 11) is 1.82. The third-order valence-electron chi connectivity index (χ3n) is 3.68. The number of hydrogen-bond donors (Lipinski definition) is 2. The van der Waals surface area contributed by atoms with Crippen molar-refractivity contribution in [3.05, 3.63) is 71.3 Å². The van der Waals surface area contributed by atoms with E-state index < -0.39 is 11.9 Å². The molecule has 2 aromatic rings. The largest absolute Gasteiger partial charge is 0.386 e. The summed E-state index contributed by atoms with van der Waals surface area (Å²) in [4.78, 5) is 6.20. The van der Waals surface area contributed by atoms with E-state index in [9.17, 15) is 13.9 Å². The molecule has 0 aromatic heterocycles. The van der Waals surface area contributed by atoms with E-state index in [1.807, 2.05) is 24.9 Å². The highest BCUT2D eigenvalue weighted by molar-refractivity contribution is 14.0. The number of rotatable bonds is 6. The predicted molar refractivity (Wildman–Crippen MR) is 111 cm³/mol. The zero-order valence-electron chi connectivity index (χ0n) is 14.8. The van der Waals surface area contributed by atoms with Crippen LogP contribution in [0.2, 0.25) is 0 Å². The summed E-state index contributed by atoms with van der Waals surface area (Å²) in [6.07, 6.45) is -1.03. The third-order valence-corrected chi connectivity index (χ3v) is 3.68. The molecule has 0 aliphatic rings. The van der Waals surface area contributed by atoms with Gasteiger partial charge in [0.2, 0.25) is 0 Å². The molecule has 1 atom stereocenters. The molecular weight excluding hydrogens is 451 g/mol. The minimum atomic E-state index is -1.03. The Morgan fingerprint density at radius 2 is 1.92 bits per heavy atom. The molecule has 0 fully saturated rings. The molecule has 4 nitrogen and oxygen atoms in total. The lowest BCUT2D eigenvalue weighted by atomic mass is 10.1. The summed E-state index contributed by atoms with van der Waals surface area (Å²) in [6.45, 7) is 3.05. The molecule has 0 bridgehead atoms. The molecule has 0 aliphatic heterocycles. The van der Waals surface area contributed by atoms with E-state index in [1.54, 1.807) is 24.3 Å². The molecule has 0 saturated heterocycles. The first-order valence-corrected chi connectivity index (χ1v) is 8.17. The molecule has 0 heterocycles. The van der Waals surface area contributed by atoms with E-state index in [2.05, 4.69) is 10.3 Å². The van der Waals surface area contributed by atoms with Gasteiger partial charge < -0.3 is 15.3 Å². The van der Waals surface area contributed by atoms with Crippen molar-refractivity contribution in [1.29, 1.82) is 0 Å². The molecular formula is C19H24F2IN3O. The minimum Gasteiger partial charge on any atom is -0.386 e. The average Bonchev–Trinajstić information content (AvgIpc) is 2.58. The van der Waals surface area contributed by atoms with Gasteiger partial charge in [0.25, 0.3) is 0 Å². The van der Waals surface area contributed by atoms with Gasteiger partial charge in [-0.2, -0.15) is 0 Å². The van der Waals surface area contributed by atoms with Crippen molar-refractivity contribution in [2.75, 3.05) is 20.1 Å². The van der Waals surface area contributed by atoms with Crippen LogP contribution in [-0.4, -0.2) is 36.1 Å². The van der Waals surface area contributed by atoms with Gasteiger partial charge in [-0.3, -0.25) is 4.99 Å². The van der Waals surface area contributed by atoms with Crippen molar-refractivity contribution in [1.82, 2.24) is 10.2 Å². The van der Waals surface area contributed by atoms with Gasteiger partial charge in [-0.1, -0.05) is 30.3 Å². The predicted octanol–water partition coefficient (Wildman–Crippen LogP) is 3.71. The maximum atomic E-state index is 13.7. The van der Waals surface area contributed by atoms with Gasteiger partial charge >= 0.3 is 0 Å². The Hall–Kier alpha value is -1.74. The van der Waals surface area contributed by atoms with Gasteiger partial charge in [-0.05, 0) is 30.7 Å². The molecule has 1 unspecified atom stereocenters. The fourth-order valence-corrected chi connectivity index (χ4v) is 2.47. The molecule has 0 aliphatic carbocycles. The Kier molecular flexibility index (Phi) is 9.50. The topological polar surface area (TPSA) is 47.9 Å². The Labute approximate surface area is 170 Å². The molecule has 2 aromatic carbocycles. The van der Waals surface area contributed by atoms with Crippen molar-refractivity contribution in [2.45, 2.75) is 19.6 Å². The highest BCUT2D eigenvalue weighted by Crippen LogP contribution is 2.17. The van der Waals surface area contributed by atoms with E-state index in [0.717, 1.165) is 5.56 Å². The summed E-state index contributed by atoms with van der Waals surface area (Å²) in [5, 5.41) is 13.3. The molecule has 0 amide bonds. The third kappa shape index (κ3) is 6.53. The van der Waals surface area contributed by atoms with E-state index in [4.69, 9.17) is 0 Å². The summed E-state index contributed by atoms with van der Waals surface area (Å²) >= 11 is 0. The number of benzene rings is 2. The molecule has 0 radical (unpaired) electrons. The SMILES string of the molecule is CCNC(=NCC(O)c1ccccc1F)N(C)Cc1cccc(F)c1.I.